The summed E-state index contributed by atoms with van der Waals surface area (Å²) in [6.07, 6.45) is 2.70. The Morgan fingerprint density at radius 1 is 1.27 bits per heavy atom. The fourth-order valence-electron chi connectivity index (χ4n) is 2.87. The number of likely N-dealkylation sites (tertiary alicyclic amines) is 1. The van der Waals surface area contributed by atoms with E-state index in [0.29, 0.717) is 6.42 Å². The highest BCUT2D eigenvalue weighted by Crippen LogP contribution is 2.27. The molecule has 0 radical (unpaired) electrons. The molecule has 0 aromatic carbocycles. The van der Waals surface area contributed by atoms with Gasteiger partial charge in [-0.25, -0.2) is 0 Å². The summed E-state index contributed by atoms with van der Waals surface area (Å²) >= 11 is 0. The van der Waals surface area contributed by atoms with E-state index < -0.39 is 5.54 Å². The van der Waals surface area contributed by atoms with Gasteiger partial charge in [0.2, 0.25) is 0 Å². The number of nitrogens with zero attached hydrogens (tertiary/aromatic N) is 2. The van der Waals surface area contributed by atoms with Gasteiger partial charge < -0.3 is 4.52 Å². The van der Waals surface area contributed by atoms with Crippen molar-refractivity contribution in [1.29, 1.82) is 0 Å². The molecular formula is C18H30N2O2. The van der Waals surface area contributed by atoms with E-state index in [1.807, 2.05) is 19.9 Å². The molecule has 0 amide bonds. The predicted octanol–water partition coefficient (Wildman–Crippen LogP) is 3.59. The van der Waals surface area contributed by atoms with Crippen LogP contribution in [-0.4, -0.2) is 34.5 Å². The largest absolute Gasteiger partial charge is 0.361 e. The molecule has 22 heavy (non-hydrogen) atoms. The fourth-order valence-corrected chi connectivity index (χ4v) is 2.87. The van der Waals surface area contributed by atoms with Crippen molar-refractivity contribution in [3.8, 4) is 0 Å². The number of rotatable bonds is 4. The summed E-state index contributed by atoms with van der Waals surface area (Å²) in [5, 5.41) is 4.08. The number of aromatic nitrogens is 1. The van der Waals surface area contributed by atoms with Crippen LogP contribution in [0.3, 0.4) is 0 Å². The summed E-state index contributed by atoms with van der Waals surface area (Å²) in [4.78, 5) is 15.1. The van der Waals surface area contributed by atoms with Crippen LogP contribution in [0.1, 0.15) is 65.8 Å². The molecule has 1 saturated heterocycles. The second kappa shape index (κ2) is 6.15. The summed E-state index contributed by atoms with van der Waals surface area (Å²) in [5.74, 6) is 1.82. The lowest BCUT2D eigenvalue weighted by molar-refractivity contribution is -0.129. The van der Waals surface area contributed by atoms with Crippen LogP contribution in [0, 0.1) is 5.92 Å². The molecule has 0 spiro atoms. The van der Waals surface area contributed by atoms with Crippen LogP contribution in [0.15, 0.2) is 10.6 Å². The van der Waals surface area contributed by atoms with Crippen molar-refractivity contribution in [3.05, 3.63) is 17.5 Å². The Morgan fingerprint density at radius 2 is 1.86 bits per heavy atom. The van der Waals surface area contributed by atoms with E-state index in [1.165, 1.54) is 12.8 Å². The summed E-state index contributed by atoms with van der Waals surface area (Å²) in [6.45, 7) is 14.6. The normalized spacial score (nSPS) is 18.6. The lowest BCUT2D eigenvalue weighted by Crippen LogP contribution is -2.53. The van der Waals surface area contributed by atoms with Crippen molar-refractivity contribution >= 4 is 5.78 Å². The van der Waals surface area contributed by atoms with Gasteiger partial charge in [-0.05, 0) is 45.7 Å². The van der Waals surface area contributed by atoms with Crippen molar-refractivity contribution in [1.82, 2.24) is 10.1 Å². The van der Waals surface area contributed by atoms with Crippen LogP contribution in [0.2, 0.25) is 0 Å². The molecule has 1 aliphatic heterocycles. The maximum absolute atomic E-state index is 12.8. The van der Waals surface area contributed by atoms with E-state index in [1.54, 1.807) is 0 Å². The third-order valence-corrected chi connectivity index (χ3v) is 4.90. The van der Waals surface area contributed by atoms with Gasteiger partial charge in [0.05, 0.1) is 17.7 Å². The standard InChI is InChI=1S/C18H30N2O2/c1-13-7-9-20(10-8-13)18(5,6)15(21)11-14-12-16(22-19-14)17(2,3)4/h12-13H,7-11H2,1-6H3. The van der Waals surface area contributed by atoms with E-state index in [4.69, 9.17) is 4.52 Å². The molecule has 0 bridgehead atoms. The molecule has 0 aliphatic carbocycles. The van der Waals surface area contributed by atoms with Crippen molar-refractivity contribution in [2.45, 2.75) is 71.8 Å². The van der Waals surface area contributed by atoms with E-state index in [-0.39, 0.29) is 11.2 Å². The third kappa shape index (κ3) is 3.78. The quantitative estimate of drug-likeness (QED) is 0.853. The molecule has 4 nitrogen and oxygen atoms in total. The number of Topliss-reactive ketones (excluding diaryl/α,β-unsaturated/α-hetero) is 1. The number of piperidine rings is 1. The maximum atomic E-state index is 12.8. The minimum atomic E-state index is -0.430. The zero-order chi connectivity index (χ0) is 16.5. The van der Waals surface area contributed by atoms with Crippen LogP contribution >= 0.6 is 0 Å². The van der Waals surface area contributed by atoms with Gasteiger partial charge in [0.25, 0.3) is 0 Å². The van der Waals surface area contributed by atoms with Gasteiger partial charge in [-0.3, -0.25) is 9.69 Å². The lowest BCUT2D eigenvalue weighted by Gasteiger charge is -2.41. The second-order valence-corrected chi connectivity index (χ2v) is 8.26. The van der Waals surface area contributed by atoms with Crippen LogP contribution < -0.4 is 0 Å². The van der Waals surface area contributed by atoms with Crippen LogP contribution in [0.25, 0.3) is 0 Å². The SMILES string of the molecule is CC1CCN(C(C)(C)C(=O)Cc2cc(C(C)(C)C)on2)CC1. The number of carbonyl (C=O) groups is 1. The number of carbonyl (C=O) groups excluding carboxylic acids is 1. The molecule has 124 valence electrons. The Balaban J connectivity index is 2.03. The first-order chi connectivity index (χ1) is 10.1. The second-order valence-electron chi connectivity index (χ2n) is 8.26. The minimum absolute atomic E-state index is 0.0766. The highest BCUT2D eigenvalue weighted by atomic mass is 16.5. The van der Waals surface area contributed by atoms with Gasteiger partial charge in [0.15, 0.2) is 5.78 Å². The molecule has 0 atom stereocenters. The summed E-state index contributed by atoms with van der Waals surface area (Å²) < 4.78 is 5.39. The highest BCUT2D eigenvalue weighted by Gasteiger charge is 2.36. The van der Waals surface area contributed by atoms with Gasteiger partial charge in [-0.1, -0.05) is 32.9 Å². The molecule has 0 saturated carbocycles. The Bertz CT molecular complexity index is 517. The molecule has 1 aromatic heterocycles. The Morgan fingerprint density at radius 3 is 2.36 bits per heavy atom. The molecule has 2 heterocycles. The fraction of sp³-hybridized carbons (Fsp3) is 0.778. The maximum Gasteiger partial charge on any atom is 0.158 e. The van der Waals surface area contributed by atoms with E-state index in [0.717, 1.165) is 30.5 Å². The number of ketones is 1. The first kappa shape index (κ1) is 17.2. The summed E-state index contributed by atoms with van der Waals surface area (Å²) in [6, 6.07) is 1.92. The Labute approximate surface area is 134 Å². The molecule has 0 unspecified atom stereocenters. The van der Waals surface area contributed by atoms with Crippen LogP contribution in [0.4, 0.5) is 0 Å². The van der Waals surface area contributed by atoms with Gasteiger partial charge in [-0.2, -0.15) is 0 Å². The van der Waals surface area contributed by atoms with E-state index in [2.05, 4.69) is 37.8 Å². The van der Waals surface area contributed by atoms with Crippen molar-refractivity contribution < 1.29 is 9.32 Å². The van der Waals surface area contributed by atoms with Gasteiger partial charge in [-0.15, -0.1) is 0 Å². The first-order valence-electron chi connectivity index (χ1n) is 8.35. The molecule has 1 fully saturated rings. The minimum Gasteiger partial charge on any atom is -0.361 e. The first-order valence-corrected chi connectivity index (χ1v) is 8.35. The highest BCUT2D eigenvalue weighted by molar-refractivity contribution is 5.89. The van der Waals surface area contributed by atoms with Crippen molar-refractivity contribution in [2.75, 3.05) is 13.1 Å². The Hall–Kier alpha value is -1.16. The molecule has 0 N–H and O–H groups in total. The van der Waals surface area contributed by atoms with Gasteiger partial charge >= 0.3 is 0 Å². The van der Waals surface area contributed by atoms with Gasteiger partial charge in [0, 0.05) is 11.5 Å². The zero-order valence-electron chi connectivity index (χ0n) is 14.9. The average Bonchev–Trinajstić information content (AvgIpc) is 2.87. The smallest absolute Gasteiger partial charge is 0.158 e. The number of hydrogen-bond donors (Lipinski definition) is 0. The topological polar surface area (TPSA) is 46.3 Å². The monoisotopic (exact) mass is 306 g/mol. The Kier molecular flexibility index (Phi) is 4.81. The predicted molar refractivity (Wildman–Crippen MR) is 88.0 cm³/mol. The van der Waals surface area contributed by atoms with E-state index in [9.17, 15) is 4.79 Å². The third-order valence-electron chi connectivity index (χ3n) is 4.90. The van der Waals surface area contributed by atoms with Crippen LogP contribution in [0.5, 0.6) is 0 Å². The number of hydrogen-bond acceptors (Lipinski definition) is 4. The van der Waals surface area contributed by atoms with Crippen LogP contribution in [-0.2, 0) is 16.6 Å². The molecule has 1 aliphatic rings. The molecular weight excluding hydrogens is 276 g/mol. The average molecular weight is 306 g/mol. The van der Waals surface area contributed by atoms with Gasteiger partial charge in [0.1, 0.15) is 5.76 Å². The van der Waals surface area contributed by atoms with Crippen molar-refractivity contribution in [3.63, 3.8) is 0 Å². The molecule has 2 rings (SSSR count). The molecule has 4 heteroatoms. The van der Waals surface area contributed by atoms with E-state index >= 15 is 0 Å². The zero-order valence-corrected chi connectivity index (χ0v) is 14.9. The van der Waals surface area contributed by atoms with Crippen molar-refractivity contribution in [2.24, 2.45) is 5.92 Å². The lowest BCUT2D eigenvalue weighted by atomic mass is 9.88. The summed E-state index contributed by atoms with van der Waals surface area (Å²) in [5.41, 5.74) is 0.238. The summed E-state index contributed by atoms with van der Waals surface area (Å²) in [7, 11) is 0. The molecule has 1 aromatic rings.